The van der Waals surface area contributed by atoms with Gasteiger partial charge in [0, 0.05) is 18.7 Å². The maximum absolute atomic E-state index is 11.3. The van der Waals surface area contributed by atoms with Crippen LogP contribution >= 0.6 is 0 Å². The number of aromatic nitrogens is 2. The van der Waals surface area contributed by atoms with Crippen molar-refractivity contribution in [3.8, 4) is 0 Å². The lowest BCUT2D eigenvalue weighted by Gasteiger charge is -2.05. The Morgan fingerprint density at radius 1 is 1.50 bits per heavy atom. The van der Waals surface area contributed by atoms with Crippen molar-refractivity contribution >= 4 is 5.91 Å². The van der Waals surface area contributed by atoms with Crippen molar-refractivity contribution in [3.63, 3.8) is 0 Å². The smallest absolute Gasteiger partial charge is 0.265 e. The van der Waals surface area contributed by atoms with Crippen LogP contribution in [-0.2, 0) is 11.3 Å². The summed E-state index contributed by atoms with van der Waals surface area (Å²) in [6, 6.07) is 2.24. The van der Waals surface area contributed by atoms with E-state index in [0.717, 1.165) is 16.8 Å². The van der Waals surface area contributed by atoms with Gasteiger partial charge in [0.25, 0.3) is 11.1 Å². The zero-order chi connectivity index (χ0) is 12.0. The minimum absolute atomic E-state index is 0.188. The van der Waals surface area contributed by atoms with Crippen LogP contribution in [0.5, 0.6) is 0 Å². The normalized spacial score (nSPS) is 9.75. The highest BCUT2D eigenvalue weighted by Gasteiger charge is 2.03. The van der Waals surface area contributed by atoms with Gasteiger partial charge in [-0.05, 0) is 6.42 Å². The quantitative estimate of drug-likeness (QED) is 0.508. The molecule has 6 nitrogen and oxygen atoms in total. The molecule has 0 bridgehead atoms. The Hall–Kier alpha value is -2.11. The van der Waals surface area contributed by atoms with Gasteiger partial charge in [0.2, 0.25) is 5.91 Å². The lowest BCUT2D eigenvalue weighted by Crippen LogP contribution is -2.36. The first-order valence-electron chi connectivity index (χ1n) is 4.81. The molecule has 1 heterocycles. The van der Waals surface area contributed by atoms with Gasteiger partial charge >= 0.3 is 0 Å². The molecule has 0 atom stereocenters. The van der Waals surface area contributed by atoms with Gasteiger partial charge in [-0.15, -0.1) is 6.58 Å². The number of rotatable bonds is 5. The molecule has 0 fully saturated rings. The van der Waals surface area contributed by atoms with Crippen LogP contribution in [0.15, 0.2) is 34.4 Å². The topological polar surface area (TPSA) is 84.0 Å². The van der Waals surface area contributed by atoms with Crippen molar-refractivity contribution in [2.45, 2.75) is 13.0 Å². The first-order chi connectivity index (χ1) is 7.63. The summed E-state index contributed by atoms with van der Waals surface area (Å²) in [6.07, 6.45) is 2.34. The van der Waals surface area contributed by atoms with E-state index in [9.17, 15) is 14.4 Å². The Kier molecular flexibility index (Phi) is 4.26. The Bertz CT molecular complexity index is 487. The molecule has 0 aliphatic rings. The van der Waals surface area contributed by atoms with Gasteiger partial charge in [-0.25, -0.2) is 4.68 Å². The molecule has 0 saturated carbocycles. The highest BCUT2D eigenvalue weighted by molar-refractivity contribution is 5.75. The van der Waals surface area contributed by atoms with E-state index in [0.29, 0.717) is 13.0 Å². The fourth-order valence-electron chi connectivity index (χ4n) is 1.09. The van der Waals surface area contributed by atoms with Crippen LogP contribution in [0.4, 0.5) is 0 Å². The molecule has 1 rings (SSSR count). The highest BCUT2D eigenvalue weighted by Crippen LogP contribution is 1.78. The number of nitrogens with zero attached hydrogens (tertiary/aromatic N) is 1. The van der Waals surface area contributed by atoms with Crippen LogP contribution in [0.1, 0.15) is 6.42 Å². The highest BCUT2D eigenvalue weighted by atomic mass is 16.2. The van der Waals surface area contributed by atoms with Gasteiger partial charge in [0.05, 0.1) is 0 Å². The van der Waals surface area contributed by atoms with Gasteiger partial charge in [-0.2, -0.15) is 0 Å². The maximum Gasteiger partial charge on any atom is 0.265 e. The van der Waals surface area contributed by atoms with E-state index in [1.807, 2.05) is 0 Å². The molecule has 0 unspecified atom stereocenters. The molecular weight excluding hydrogens is 210 g/mol. The second kappa shape index (κ2) is 5.69. The summed E-state index contributed by atoms with van der Waals surface area (Å²) < 4.78 is 0.964. The summed E-state index contributed by atoms with van der Waals surface area (Å²) >= 11 is 0. The van der Waals surface area contributed by atoms with Crippen molar-refractivity contribution in [2.24, 2.45) is 0 Å². The van der Waals surface area contributed by atoms with Crippen LogP contribution in [0, 0.1) is 0 Å². The molecule has 1 aromatic rings. The van der Waals surface area contributed by atoms with Gasteiger partial charge < -0.3 is 5.32 Å². The molecule has 0 spiro atoms. The minimum Gasteiger partial charge on any atom is -0.354 e. The average Bonchev–Trinajstić information content (AvgIpc) is 2.24. The molecule has 16 heavy (non-hydrogen) atoms. The van der Waals surface area contributed by atoms with Crippen LogP contribution in [0.2, 0.25) is 0 Å². The minimum atomic E-state index is -0.418. The second-order valence-electron chi connectivity index (χ2n) is 3.16. The molecule has 0 aliphatic carbocycles. The predicted octanol–water partition coefficient (Wildman–Crippen LogP) is -0.771. The Balaban J connectivity index is 2.62. The van der Waals surface area contributed by atoms with Crippen molar-refractivity contribution in [1.29, 1.82) is 0 Å². The van der Waals surface area contributed by atoms with E-state index in [-0.39, 0.29) is 12.5 Å². The molecule has 1 aromatic heterocycles. The standard InChI is InChI=1S/C10H13N3O3/c1-2-3-6-11-9(15)7-13-10(16)5-4-8(14)12-13/h2,4-5H,1,3,6-7H2,(H,11,15)(H,12,14). The summed E-state index contributed by atoms with van der Waals surface area (Å²) in [5.74, 6) is -0.328. The first kappa shape index (κ1) is 12.0. The second-order valence-corrected chi connectivity index (χ2v) is 3.16. The van der Waals surface area contributed by atoms with Crippen molar-refractivity contribution in [1.82, 2.24) is 15.1 Å². The van der Waals surface area contributed by atoms with Gasteiger partial charge in [0.1, 0.15) is 6.54 Å². The van der Waals surface area contributed by atoms with Gasteiger partial charge in [-0.3, -0.25) is 19.5 Å². The van der Waals surface area contributed by atoms with E-state index in [1.54, 1.807) is 6.08 Å². The molecule has 0 aliphatic heterocycles. The van der Waals surface area contributed by atoms with Gasteiger partial charge in [0.15, 0.2) is 0 Å². The number of nitrogens with one attached hydrogen (secondary N) is 2. The van der Waals surface area contributed by atoms with Crippen LogP contribution < -0.4 is 16.4 Å². The summed E-state index contributed by atoms with van der Waals surface area (Å²) in [6.45, 7) is 3.79. The third-order valence-electron chi connectivity index (χ3n) is 1.86. The summed E-state index contributed by atoms with van der Waals surface area (Å²) in [7, 11) is 0. The van der Waals surface area contributed by atoms with Crippen LogP contribution in [0.25, 0.3) is 0 Å². The van der Waals surface area contributed by atoms with E-state index < -0.39 is 11.1 Å². The van der Waals surface area contributed by atoms with Crippen LogP contribution in [0.3, 0.4) is 0 Å². The molecule has 0 saturated heterocycles. The molecule has 0 aromatic carbocycles. The molecule has 1 amide bonds. The summed E-state index contributed by atoms with van der Waals surface area (Å²) in [5.41, 5.74) is -0.836. The lowest BCUT2D eigenvalue weighted by molar-refractivity contribution is -0.121. The summed E-state index contributed by atoms with van der Waals surface area (Å²) in [5, 5.41) is 4.85. The van der Waals surface area contributed by atoms with E-state index in [4.69, 9.17) is 0 Å². The van der Waals surface area contributed by atoms with Gasteiger partial charge in [-0.1, -0.05) is 6.08 Å². The molecule has 2 N–H and O–H groups in total. The zero-order valence-corrected chi connectivity index (χ0v) is 8.73. The van der Waals surface area contributed by atoms with E-state index in [2.05, 4.69) is 17.0 Å². The van der Waals surface area contributed by atoms with Crippen molar-refractivity contribution in [3.05, 3.63) is 45.5 Å². The maximum atomic E-state index is 11.3. The van der Waals surface area contributed by atoms with Crippen LogP contribution in [-0.4, -0.2) is 22.2 Å². The number of carbonyl (C=O) groups excluding carboxylic acids is 1. The van der Waals surface area contributed by atoms with E-state index in [1.165, 1.54) is 0 Å². The Labute approximate surface area is 91.6 Å². The predicted molar refractivity (Wildman–Crippen MR) is 59.1 cm³/mol. The molecule has 86 valence electrons. The first-order valence-corrected chi connectivity index (χ1v) is 4.81. The number of aromatic amines is 1. The fraction of sp³-hybridized carbons (Fsp3) is 0.300. The Morgan fingerprint density at radius 2 is 2.25 bits per heavy atom. The average molecular weight is 223 g/mol. The molecular formula is C10H13N3O3. The lowest BCUT2D eigenvalue weighted by atomic mass is 10.4. The number of amides is 1. The monoisotopic (exact) mass is 223 g/mol. The third kappa shape index (κ3) is 3.56. The number of hydrogen-bond acceptors (Lipinski definition) is 3. The van der Waals surface area contributed by atoms with Crippen molar-refractivity contribution < 1.29 is 4.79 Å². The fourth-order valence-corrected chi connectivity index (χ4v) is 1.09. The number of H-pyrrole nitrogens is 1. The molecule has 0 radical (unpaired) electrons. The SMILES string of the molecule is C=CCCNC(=O)Cn1[nH]c(=O)ccc1=O. The third-order valence-corrected chi connectivity index (χ3v) is 1.86. The summed E-state index contributed by atoms with van der Waals surface area (Å²) in [4.78, 5) is 33.5. The largest absolute Gasteiger partial charge is 0.354 e. The molecule has 6 heteroatoms. The zero-order valence-electron chi connectivity index (χ0n) is 8.73. The van der Waals surface area contributed by atoms with Crippen molar-refractivity contribution in [2.75, 3.05) is 6.54 Å². The van der Waals surface area contributed by atoms with E-state index >= 15 is 0 Å². The number of hydrogen-bond donors (Lipinski definition) is 2. The Morgan fingerprint density at radius 3 is 2.94 bits per heavy atom. The number of carbonyl (C=O) groups is 1.